The Morgan fingerprint density at radius 1 is 0.760 bits per heavy atom. The molecule has 400 valence electrons. The van der Waals surface area contributed by atoms with Gasteiger partial charge in [-0.2, -0.15) is 4.31 Å². The fourth-order valence-electron chi connectivity index (χ4n) is 9.19. The van der Waals surface area contributed by atoms with Crippen molar-refractivity contribution in [2.24, 2.45) is 0 Å². The number of hydrogen-bond acceptors (Lipinski definition) is 15. The summed E-state index contributed by atoms with van der Waals surface area (Å²) >= 11 is 0. The number of sulfonamides is 1. The van der Waals surface area contributed by atoms with E-state index in [1.165, 1.54) is 22.6 Å². The maximum Gasteiger partial charge on any atom is 0.262 e. The number of amides is 6. The third-order valence-electron chi connectivity index (χ3n) is 13.2. The Morgan fingerprint density at radius 2 is 1.45 bits per heavy atom. The number of aryl methyl sites for hydroxylation is 1. The number of anilines is 1. The second kappa shape index (κ2) is 25.8. The molecule has 75 heavy (non-hydrogen) atoms. The molecule has 4 aliphatic rings. The molecule has 2 fully saturated rings. The Bertz CT molecular complexity index is 2880. The lowest BCUT2D eigenvalue weighted by Gasteiger charge is -2.27. The van der Waals surface area contributed by atoms with Crippen LogP contribution in [0.1, 0.15) is 87.1 Å². The first-order chi connectivity index (χ1) is 36.3. The number of ether oxygens (including phenoxy) is 5. The zero-order chi connectivity index (χ0) is 52.9. The van der Waals surface area contributed by atoms with Gasteiger partial charge in [-0.3, -0.25) is 39.0 Å². The van der Waals surface area contributed by atoms with Crippen molar-refractivity contribution in [3.63, 3.8) is 0 Å². The summed E-state index contributed by atoms with van der Waals surface area (Å²) in [6, 6.07) is 14.8. The number of nitrogen functional groups attached to an aromatic ring is 1. The molecular formula is C53H62FN7O13S. The molecule has 1 saturated heterocycles. The summed E-state index contributed by atoms with van der Waals surface area (Å²) < 4.78 is 72.6. The number of pyridine rings is 1. The van der Waals surface area contributed by atoms with Crippen LogP contribution in [0.4, 0.5) is 10.2 Å². The molecule has 4 heterocycles. The second-order valence-electron chi connectivity index (χ2n) is 18.4. The number of imide groups is 2. The summed E-state index contributed by atoms with van der Waals surface area (Å²) in [5, 5.41) is 7.84. The van der Waals surface area contributed by atoms with E-state index < -0.39 is 45.5 Å². The average Bonchev–Trinajstić information content (AvgIpc) is 4.21. The van der Waals surface area contributed by atoms with Crippen LogP contribution in [0.15, 0.2) is 71.8 Å². The lowest BCUT2D eigenvalue weighted by molar-refractivity contribution is -0.136. The third kappa shape index (κ3) is 13.9. The van der Waals surface area contributed by atoms with Gasteiger partial charge in [-0.25, -0.2) is 17.8 Å². The van der Waals surface area contributed by atoms with Gasteiger partial charge in [0.15, 0.2) is 0 Å². The van der Waals surface area contributed by atoms with Crippen LogP contribution in [0.5, 0.6) is 0 Å². The average molecular weight is 1060 g/mol. The summed E-state index contributed by atoms with van der Waals surface area (Å²) in [4.78, 5) is 80.0. The molecule has 1 saturated carbocycles. The zero-order valence-corrected chi connectivity index (χ0v) is 42.4. The van der Waals surface area contributed by atoms with Gasteiger partial charge in [0, 0.05) is 73.6 Å². The van der Waals surface area contributed by atoms with Gasteiger partial charge in [0.25, 0.3) is 17.7 Å². The highest BCUT2D eigenvalue weighted by Gasteiger charge is 2.45. The molecule has 1 aliphatic carbocycles. The Labute approximate surface area is 434 Å². The molecule has 4 aromatic rings. The Morgan fingerprint density at radius 3 is 2.15 bits per heavy atom. The minimum absolute atomic E-state index is 0.0594. The van der Waals surface area contributed by atoms with Crippen molar-refractivity contribution in [2.75, 3.05) is 91.4 Å². The number of nitrogens with zero attached hydrogens (tertiary/aromatic N) is 3. The molecule has 0 bridgehead atoms. The zero-order valence-electron chi connectivity index (χ0n) is 41.6. The summed E-state index contributed by atoms with van der Waals surface area (Å²) in [5.74, 6) is -2.99. The van der Waals surface area contributed by atoms with Crippen molar-refractivity contribution < 1.29 is 65.3 Å². The Balaban J connectivity index is 0.633. The van der Waals surface area contributed by atoms with E-state index in [1.807, 2.05) is 6.07 Å². The number of rotatable bonds is 29. The summed E-state index contributed by atoms with van der Waals surface area (Å²) in [6.45, 7) is 4.31. The first-order valence-electron chi connectivity index (χ1n) is 25.3. The monoisotopic (exact) mass is 1060 g/mol. The van der Waals surface area contributed by atoms with Crippen LogP contribution in [-0.2, 0) is 60.9 Å². The summed E-state index contributed by atoms with van der Waals surface area (Å²) in [7, 11) is -4.05. The van der Waals surface area contributed by atoms with Crippen LogP contribution in [-0.4, -0.2) is 156 Å². The number of aromatic nitrogens is 1. The van der Waals surface area contributed by atoms with Crippen molar-refractivity contribution in [1.29, 1.82) is 0 Å². The van der Waals surface area contributed by atoms with Gasteiger partial charge in [-0.1, -0.05) is 30.3 Å². The van der Waals surface area contributed by atoms with Gasteiger partial charge in [0.2, 0.25) is 27.7 Å². The normalized spacial score (nSPS) is 16.5. The van der Waals surface area contributed by atoms with Crippen molar-refractivity contribution in [3.8, 4) is 22.3 Å². The predicted octanol–water partition coefficient (Wildman–Crippen LogP) is 3.59. The number of nitrogens with two attached hydrogens (primary N) is 1. The lowest BCUT2D eigenvalue weighted by atomic mass is 9.94. The molecule has 6 amide bonds. The molecule has 8 rings (SSSR count). The minimum atomic E-state index is -4.05. The Kier molecular flexibility index (Phi) is 18.8. The van der Waals surface area contributed by atoms with Crippen LogP contribution in [0.25, 0.3) is 22.3 Å². The van der Waals surface area contributed by atoms with E-state index in [2.05, 4.69) is 20.9 Å². The highest BCUT2D eigenvalue weighted by Crippen LogP contribution is 2.36. The van der Waals surface area contributed by atoms with Crippen molar-refractivity contribution >= 4 is 51.3 Å². The van der Waals surface area contributed by atoms with Crippen LogP contribution < -0.4 is 21.7 Å². The molecule has 0 radical (unpaired) electrons. The van der Waals surface area contributed by atoms with Crippen molar-refractivity contribution in [1.82, 2.24) is 30.1 Å². The van der Waals surface area contributed by atoms with Gasteiger partial charge < -0.3 is 40.1 Å². The molecule has 1 aromatic heterocycles. The maximum atomic E-state index is 15.8. The van der Waals surface area contributed by atoms with E-state index in [0.717, 1.165) is 22.1 Å². The van der Waals surface area contributed by atoms with Crippen LogP contribution >= 0.6 is 0 Å². The van der Waals surface area contributed by atoms with Crippen LogP contribution in [0.3, 0.4) is 0 Å². The van der Waals surface area contributed by atoms with Gasteiger partial charge in [0.05, 0.1) is 75.5 Å². The van der Waals surface area contributed by atoms with E-state index in [-0.39, 0.29) is 85.3 Å². The van der Waals surface area contributed by atoms with Crippen LogP contribution in [0.2, 0.25) is 0 Å². The number of carbonyl (C=O) groups excluding carboxylic acids is 6. The van der Waals surface area contributed by atoms with E-state index in [9.17, 15) is 37.2 Å². The second-order valence-corrected chi connectivity index (χ2v) is 20.3. The topological polar surface area (TPSA) is 264 Å². The highest BCUT2D eigenvalue weighted by molar-refractivity contribution is 7.89. The fraction of sp³-hybridized carbons (Fsp3) is 0.453. The summed E-state index contributed by atoms with van der Waals surface area (Å²) in [6.07, 6.45) is 5.23. The number of carbonyl (C=O) groups is 6. The quantitative estimate of drug-likeness (QED) is 0.0447. The molecule has 1 unspecified atom stereocenters. The molecule has 0 spiro atoms. The first-order valence-corrected chi connectivity index (χ1v) is 26.7. The standard InChI is InChI=1S/C53H62FN7O13S/c54-44-32-39(10-12-40(44)37-31-43(49(55)58-33-37)35-7-11-41-36(30-35)15-18-57-50(41)64)75(68,69)60(38-8-9-38)19-3-17-56-46(62)16-21-71-23-25-73-27-29-74-28-26-72-24-22-70-20-2-5-34-4-1-6-42-48(34)53(67)61(52(42)66)45-13-14-47(63)59-51(45)65/h1,4,6-7,10-12,30-33,38,45H,2-3,5,8-9,13-29H2,(H2,55,58)(H,56,62)(H,57,64)(H,59,63,65). The number of halogens is 1. The largest absolute Gasteiger partial charge is 0.383 e. The lowest BCUT2D eigenvalue weighted by Crippen LogP contribution is -2.54. The van der Waals surface area contributed by atoms with E-state index in [1.54, 1.807) is 36.4 Å². The maximum absolute atomic E-state index is 15.8. The number of benzene rings is 3. The molecule has 3 aliphatic heterocycles. The number of piperidine rings is 1. The first kappa shape index (κ1) is 54.7. The van der Waals surface area contributed by atoms with E-state index >= 15 is 4.39 Å². The van der Waals surface area contributed by atoms with E-state index in [0.29, 0.717) is 126 Å². The third-order valence-corrected chi connectivity index (χ3v) is 15.1. The number of hydrogen-bond donors (Lipinski definition) is 4. The van der Waals surface area contributed by atoms with E-state index in [4.69, 9.17) is 29.4 Å². The van der Waals surface area contributed by atoms with Gasteiger partial charge in [-0.15, -0.1) is 0 Å². The van der Waals surface area contributed by atoms with Gasteiger partial charge >= 0.3 is 0 Å². The van der Waals surface area contributed by atoms with Crippen LogP contribution in [0, 0.1) is 5.82 Å². The molecule has 3 aromatic carbocycles. The van der Waals surface area contributed by atoms with Crippen molar-refractivity contribution in [3.05, 3.63) is 100 Å². The SMILES string of the molecule is Nc1ncc(-c2ccc(S(=O)(=O)N(CCCNC(=O)CCOCCOCCOCCOCCOCCCc3cccc4c3C(=O)N(C3CCC(=O)NC3=O)C4=O)C3CC3)cc2F)cc1-c1ccc2c(c1)CCNC2=O. The number of nitrogens with one attached hydrogen (secondary N) is 3. The number of fused-ring (bicyclic) bond motifs is 2. The van der Waals surface area contributed by atoms with Crippen molar-refractivity contribution in [2.45, 2.75) is 74.8 Å². The molecule has 1 atom stereocenters. The Hall–Kier alpha value is -6.53. The van der Waals surface area contributed by atoms with Gasteiger partial charge in [-0.05, 0) is 92.0 Å². The highest BCUT2D eigenvalue weighted by atomic mass is 32.2. The smallest absolute Gasteiger partial charge is 0.262 e. The minimum Gasteiger partial charge on any atom is -0.383 e. The molecule has 5 N–H and O–H groups in total. The predicted molar refractivity (Wildman–Crippen MR) is 270 cm³/mol. The fourth-order valence-corrected chi connectivity index (χ4v) is 10.9. The molecule has 22 heteroatoms. The van der Waals surface area contributed by atoms with Gasteiger partial charge in [0.1, 0.15) is 17.7 Å². The molecule has 20 nitrogen and oxygen atoms in total. The molecular weight excluding hydrogens is 994 g/mol. The summed E-state index contributed by atoms with van der Waals surface area (Å²) in [5.41, 5.74) is 10.8.